The Balaban J connectivity index is 1.69. The summed E-state index contributed by atoms with van der Waals surface area (Å²) in [5, 5.41) is 3.13. The van der Waals surface area contributed by atoms with Gasteiger partial charge < -0.3 is 10.2 Å². The van der Waals surface area contributed by atoms with Crippen LogP contribution in [-0.4, -0.2) is 43.8 Å². The summed E-state index contributed by atoms with van der Waals surface area (Å²) in [4.78, 5) is 29.2. The fraction of sp³-hybridized carbons (Fsp3) is 0.355. The molecule has 3 aromatic rings. The predicted molar refractivity (Wildman–Crippen MR) is 161 cm³/mol. The number of anilines is 1. The van der Waals surface area contributed by atoms with Crippen LogP contribution in [0.4, 0.5) is 5.69 Å². The molecule has 0 aliphatic heterocycles. The maximum atomic E-state index is 14.1. The van der Waals surface area contributed by atoms with E-state index in [0.717, 1.165) is 45.6 Å². The highest BCUT2D eigenvalue weighted by molar-refractivity contribution is 9.10. The molecule has 1 atom stereocenters. The first-order valence-corrected chi connectivity index (χ1v) is 15.9. The summed E-state index contributed by atoms with van der Waals surface area (Å²) >= 11 is 3.40. The first-order valence-electron chi connectivity index (χ1n) is 13.7. The van der Waals surface area contributed by atoms with E-state index < -0.39 is 28.5 Å². The highest BCUT2D eigenvalue weighted by Gasteiger charge is 2.34. The fourth-order valence-corrected chi connectivity index (χ4v) is 6.72. The molecule has 9 heteroatoms. The number of rotatable bonds is 11. The van der Waals surface area contributed by atoms with Crippen LogP contribution >= 0.6 is 15.9 Å². The van der Waals surface area contributed by atoms with Gasteiger partial charge in [-0.05, 0) is 68.1 Å². The number of carbonyl (C=O) groups excluding carboxylic acids is 2. The van der Waals surface area contributed by atoms with E-state index in [9.17, 15) is 18.0 Å². The van der Waals surface area contributed by atoms with Gasteiger partial charge in [-0.1, -0.05) is 83.7 Å². The van der Waals surface area contributed by atoms with E-state index >= 15 is 0 Å². The van der Waals surface area contributed by atoms with Crippen molar-refractivity contribution in [3.63, 3.8) is 0 Å². The standard InChI is InChI=1S/C31H36BrN3O4S/c1-3-29(31(37)33-26-11-7-8-12-26)34(21-24-9-5-4-6-10-24)30(36)22-35(27-17-15-25(32)16-18-27)40(38,39)28-19-13-23(2)14-20-28/h4-6,9-10,13-20,26,29H,3,7-8,11-12,21-22H2,1-2H3,(H,33,37)/t29-/m0/s1. The van der Waals surface area contributed by atoms with Gasteiger partial charge in [0.25, 0.3) is 10.0 Å². The van der Waals surface area contributed by atoms with Crippen LogP contribution in [0, 0.1) is 6.92 Å². The second-order valence-electron chi connectivity index (χ2n) is 10.2. The van der Waals surface area contributed by atoms with E-state index in [2.05, 4.69) is 21.2 Å². The van der Waals surface area contributed by atoms with Gasteiger partial charge in [0.15, 0.2) is 0 Å². The molecule has 0 radical (unpaired) electrons. The molecule has 40 heavy (non-hydrogen) atoms. The van der Waals surface area contributed by atoms with Gasteiger partial charge in [-0.3, -0.25) is 13.9 Å². The van der Waals surface area contributed by atoms with Crippen molar-refractivity contribution >= 4 is 43.5 Å². The lowest BCUT2D eigenvalue weighted by atomic mass is 10.1. The Morgan fingerprint density at radius 1 is 0.950 bits per heavy atom. The zero-order chi connectivity index (χ0) is 28.7. The Kier molecular flexibility index (Phi) is 10.0. The monoisotopic (exact) mass is 625 g/mol. The summed E-state index contributed by atoms with van der Waals surface area (Å²) in [6.07, 6.45) is 4.42. The van der Waals surface area contributed by atoms with Crippen LogP contribution in [0.5, 0.6) is 0 Å². The normalized spacial score (nSPS) is 14.5. The van der Waals surface area contributed by atoms with Crippen molar-refractivity contribution in [2.75, 3.05) is 10.8 Å². The van der Waals surface area contributed by atoms with E-state index in [4.69, 9.17) is 0 Å². The van der Waals surface area contributed by atoms with Crippen LogP contribution < -0.4 is 9.62 Å². The summed E-state index contributed by atoms with van der Waals surface area (Å²) in [6.45, 7) is 3.50. The fourth-order valence-electron chi connectivity index (χ4n) is 5.04. The molecule has 7 nitrogen and oxygen atoms in total. The second-order valence-corrected chi connectivity index (χ2v) is 13.0. The molecule has 1 aliphatic rings. The van der Waals surface area contributed by atoms with Gasteiger partial charge in [0.05, 0.1) is 10.6 Å². The number of amides is 2. The van der Waals surface area contributed by atoms with Crippen molar-refractivity contribution in [2.24, 2.45) is 0 Å². The number of hydrogen-bond acceptors (Lipinski definition) is 4. The summed E-state index contributed by atoms with van der Waals surface area (Å²) in [6, 6.07) is 22.2. The molecule has 0 bridgehead atoms. The van der Waals surface area contributed by atoms with Crippen molar-refractivity contribution in [2.45, 2.75) is 69.5 Å². The molecule has 3 aromatic carbocycles. The average Bonchev–Trinajstić information content (AvgIpc) is 3.46. The van der Waals surface area contributed by atoms with Crippen molar-refractivity contribution in [1.29, 1.82) is 0 Å². The summed E-state index contributed by atoms with van der Waals surface area (Å²) in [5.41, 5.74) is 2.15. The lowest BCUT2D eigenvalue weighted by molar-refractivity contribution is -0.140. The molecule has 1 saturated carbocycles. The molecule has 1 aliphatic carbocycles. The Morgan fingerprint density at radius 3 is 2.17 bits per heavy atom. The minimum absolute atomic E-state index is 0.0921. The predicted octanol–water partition coefficient (Wildman–Crippen LogP) is 5.82. The highest BCUT2D eigenvalue weighted by atomic mass is 79.9. The number of nitrogens with zero attached hydrogens (tertiary/aromatic N) is 2. The minimum Gasteiger partial charge on any atom is -0.352 e. The lowest BCUT2D eigenvalue weighted by Gasteiger charge is -2.33. The van der Waals surface area contributed by atoms with Crippen molar-refractivity contribution < 1.29 is 18.0 Å². The van der Waals surface area contributed by atoms with E-state index in [-0.39, 0.29) is 23.4 Å². The van der Waals surface area contributed by atoms with Crippen LogP contribution in [-0.2, 0) is 26.2 Å². The van der Waals surface area contributed by atoms with Gasteiger partial charge in [0, 0.05) is 17.1 Å². The molecule has 1 N–H and O–H groups in total. The van der Waals surface area contributed by atoms with E-state index in [1.165, 1.54) is 4.90 Å². The third-order valence-electron chi connectivity index (χ3n) is 7.29. The van der Waals surface area contributed by atoms with Crippen LogP contribution in [0.3, 0.4) is 0 Å². The highest BCUT2D eigenvalue weighted by Crippen LogP contribution is 2.27. The molecule has 0 saturated heterocycles. The Labute approximate surface area is 245 Å². The number of hydrogen-bond donors (Lipinski definition) is 1. The second kappa shape index (κ2) is 13.5. The molecular weight excluding hydrogens is 590 g/mol. The number of aryl methyl sites for hydroxylation is 1. The maximum Gasteiger partial charge on any atom is 0.264 e. The molecular formula is C31H36BrN3O4S. The van der Waals surface area contributed by atoms with Crippen LogP contribution in [0.15, 0.2) is 88.2 Å². The van der Waals surface area contributed by atoms with Gasteiger partial charge in [-0.25, -0.2) is 8.42 Å². The van der Waals surface area contributed by atoms with E-state index in [1.807, 2.05) is 44.2 Å². The van der Waals surface area contributed by atoms with Gasteiger partial charge in [-0.15, -0.1) is 0 Å². The zero-order valence-corrected chi connectivity index (χ0v) is 25.3. The van der Waals surface area contributed by atoms with Gasteiger partial charge in [-0.2, -0.15) is 0 Å². The summed E-state index contributed by atoms with van der Waals surface area (Å²) in [7, 11) is -4.09. The van der Waals surface area contributed by atoms with E-state index in [0.29, 0.717) is 12.1 Å². The minimum atomic E-state index is -4.09. The molecule has 0 aromatic heterocycles. The molecule has 4 rings (SSSR count). The molecule has 0 heterocycles. The zero-order valence-electron chi connectivity index (χ0n) is 22.9. The Hall–Kier alpha value is -3.17. The first kappa shape index (κ1) is 29.8. The van der Waals surface area contributed by atoms with Crippen LogP contribution in [0.1, 0.15) is 50.2 Å². The number of nitrogens with one attached hydrogen (secondary N) is 1. The van der Waals surface area contributed by atoms with Crippen LogP contribution in [0.25, 0.3) is 0 Å². The molecule has 0 unspecified atom stereocenters. The van der Waals surface area contributed by atoms with Crippen LogP contribution in [0.2, 0.25) is 0 Å². The third-order valence-corrected chi connectivity index (χ3v) is 9.60. The lowest BCUT2D eigenvalue weighted by Crippen LogP contribution is -2.53. The van der Waals surface area contributed by atoms with Crippen molar-refractivity contribution in [3.8, 4) is 0 Å². The first-order chi connectivity index (χ1) is 19.2. The SMILES string of the molecule is CC[C@@H](C(=O)NC1CCCC1)N(Cc1ccccc1)C(=O)CN(c1ccc(Br)cc1)S(=O)(=O)c1ccc(C)cc1. The number of halogens is 1. The smallest absolute Gasteiger partial charge is 0.264 e. The van der Waals surface area contributed by atoms with E-state index in [1.54, 1.807) is 48.5 Å². The maximum absolute atomic E-state index is 14.1. The summed E-state index contributed by atoms with van der Waals surface area (Å²) < 4.78 is 29.7. The number of benzene rings is 3. The summed E-state index contributed by atoms with van der Waals surface area (Å²) in [5.74, 6) is -0.647. The average molecular weight is 627 g/mol. The van der Waals surface area contributed by atoms with Gasteiger partial charge in [0.1, 0.15) is 12.6 Å². The molecule has 0 spiro atoms. The van der Waals surface area contributed by atoms with Crippen molar-refractivity contribution in [3.05, 3.63) is 94.5 Å². The molecule has 2 amide bonds. The number of carbonyl (C=O) groups is 2. The molecule has 212 valence electrons. The quantitative estimate of drug-likeness (QED) is 0.291. The van der Waals surface area contributed by atoms with Crippen molar-refractivity contribution in [1.82, 2.24) is 10.2 Å². The third kappa shape index (κ3) is 7.31. The molecule has 1 fully saturated rings. The van der Waals surface area contributed by atoms with Gasteiger partial charge >= 0.3 is 0 Å². The Morgan fingerprint density at radius 2 is 1.57 bits per heavy atom. The number of sulfonamides is 1. The Bertz CT molecular complexity index is 1390. The van der Waals surface area contributed by atoms with Gasteiger partial charge in [0.2, 0.25) is 11.8 Å². The largest absolute Gasteiger partial charge is 0.352 e. The topological polar surface area (TPSA) is 86.8 Å².